The topological polar surface area (TPSA) is 23.6 Å². The van der Waals surface area contributed by atoms with Crippen LogP contribution in [0.1, 0.15) is 31.4 Å². The molecule has 0 radical (unpaired) electrons. The van der Waals surface area contributed by atoms with E-state index in [0.717, 1.165) is 39.0 Å². The minimum absolute atomic E-state index is 0.218. The van der Waals surface area contributed by atoms with E-state index in [2.05, 4.69) is 45.7 Å². The number of amides is 1. The van der Waals surface area contributed by atoms with Gasteiger partial charge in [-0.15, -0.1) is 0 Å². The Labute approximate surface area is 124 Å². The minimum Gasteiger partial charge on any atom is -0.340 e. The second kappa shape index (κ2) is 6.10. The molecular formula is C16H22N2OS. The third kappa shape index (κ3) is 2.81. The van der Waals surface area contributed by atoms with Crippen molar-refractivity contribution in [3.8, 4) is 0 Å². The number of allylic oxidation sites excluding steroid dienone is 2. The van der Waals surface area contributed by atoms with Crippen molar-refractivity contribution in [1.82, 2.24) is 9.80 Å². The molecule has 1 fully saturated rings. The van der Waals surface area contributed by atoms with Crippen molar-refractivity contribution >= 4 is 17.2 Å². The van der Waals surface area contributed by atoms with E-state index in [1.54, 1.807) is 11.3 Å². The average molecular weight is 290 g/mol. The highest BCUT2D eigenvalue weighted by molar-refractivity contribution is 7.07. The SMILES string of the molecule is CC(c1ccsc1)N1CCN(C(=O)C2CC=CC2)CC1. The van der Waals surface area contributed by atoms with Crippen molar-refractivity contribution in [1.29, 1.82) is 0 Å². The van der Waals surface area contributed by atoms with Crippen LogP contribution in [0.15, 0.2) is 29.0 Å². The van der Waals surface area contributed by atoms with Gasteiger partial charge in [0.25, 0.3) is 0 Å². The summed E-state index contributed by atoms with van der Waals surface area (Å²) in [4.78, 5) is 16.9. The third-order valence-corrected chi connectivity index (χ3v) is 5.26. The van der Waals surface area contributed by atoms with Gasteiger partial charge in [-0.05, 0) is 42.2 Å². The first-order valence-corrected chi connectivity index (χ1v) is 8.40. The Balaban J connectivity index is 1.53. The lowest BCUT2D eigenvalue weighted by Crippen LogP contribution is -2.50. The summed E-state index contributed by atoms with van der Waals surface area (Å²) in [5, 5.41) is 4.37. The van der Waals surface area contributed by atoms with Crippen LogP contribution < -0.4 is 0 Å². The van der Waals surface area contributed by atoms with Crippen molar-refractivity contribution in [3.05, 3.63) is 34.5 Å². The molecule has 0 saturated carbocycles. The molecule has 20 heavy (non-hydrogen) atoms. The van der Waals surface area contributed by atoms with Crippen LogP contribution in [-0.2, 0) is 4.79 Å². The van der Waals surface area contributed by atoms with Crippen LogP contribution in [0.5, 0.6) is 0 Å². The van der Waals surface area contributed by atoms with E-state index in [4.69, 9.17) is 0 Å². The van der Waals surface area contributed by atoms with E-state index in [0.29, 0.717) is 11.9 Å². The van der Waals surface area contributed by atoms with Gasteiger partial charge in [-0.1, -0.05) is 12.2 Å². The molecule has 1 amide bonds. The van der Waals surface area contributed by atoms with E-state index < -0.39 is 0 Å². The molecule has 1 atom stereocenters. The molecule has 0 N–H and O–H groups in total. The zero-order chi connectivity index (χ0) is 13.9. The van der Waals surface area contributed by atoms with Gasteiger partial charge in [0.15, 0.2) is 0 Å². The summed E-state index contributed by atoms with van der Waals surface area (Å²) >= 11 is 1.76. The van der Waals surface area contributed by atoms with Crippen LogP contribution in [0.3, 0.4) is 0 Å². The molecule has 0 aromatic carbocycles. The largest absolute Gasteiger partial charge is 0.340 e. The molecule has 3 rings (SSSR count). The summed E-state index contributed by atoms with van der Waals surface area (Å²) in [5.74, 6) is 0.577. The summed E-state index contributed by atoms with van der Waals surface area (Å²) in [6.45, 7) is 6.00. The number of nitrogens with zero attached hydrogens (tertiary/aromatic N) is 2. The van der Waals surface area contributed by atoms with Crippen LogP contribution >= 0.6 is 11.3 Å². The Bertz CT molecular complexity index is 467. The van der Waals surface area contributed by atoms with E-state index in [9.17, 15) is 4.79 Å². The fourth-order valence-electron chi connectivity index (χ4n) is 3.13. The summed E-state index contributed by atoms with van der Waals surface area (Å²) in [5.41, 5.74) is 1.40. The molecule has 2 heterocycles. The standard InChI is InChI=1S/C16H22N2OS/c1-13(15-6-11-20-12-15)17-7-9-18(10-8-17)16(19)14-4-2-3-5-14/h2-3,6,11-14H,4-5,7-10H2,1H3. The lowest BCUT2D eigenvalue weighted by molar-refractivity contribution is -0.137. The number of thiophene rings is 1. The van der Waals surface area contributed by atoms with E-state index in [-0.39, 0.29) is 5.92 Å². The van der Waals surface area contributed by atoms with Gasteiger partial charge in [0.2, 0.25) is 5.91 Å². The number of hydrogen-bond acceptors (Lipinski definition) is 3. The normalized spacial score (nSPS) is 22.4. The summed E-state index contributed by atoms with van der Waals surface area (Å²) < 4.78 is 0. The maximum absolute atomic E-state index is 12.4. The molecule has 1 aliphatic heterocycles. The summed E-state index contributed by atoms with van der Waals surface area (Å²) in [6.07, 6.45) is 6.14. The Kier molecular flexibility index (Phi) is 4.22. The Morgan fingerprint density at radius 3 is 2.55 bits per heavy atom. The van der Waals surface area contributed by atoms with Gasteiger partial charge in [-0.3, -0.25) is 9.69 Å². The van der Waals surface area contributed by atoms with Crippen molar-refractivity contribution in [2.75, 3.05) is 26.2 Å². The average Bonchev–Trinajstić information content (AvgIpc) is 3.18. The molecule has 1 aromatic heterocycles. The summed E-state index contributed by atoms with van der Waals surface area (Å²) in [6, 6.07) is 2.67. The van der Waals surface area contributed by atoms with Crippen LogP contribution in [0, 0.1) is 5.92 Å². The predicted molar refractivity (Wildman–Crippen MR) is 82.8 cm³/mol. The maximum atomic E-state index is 12.4. The zero-order valence-electron chi connectivity index (χ0n) is 12.0. The fraction of sp³-hybridized carbons (Fsp3) is 0.562. The molecule has 2 aliphatic rings. The molecule has 1 saturated heterocycles. The minimum atomic E-state index is 0.218. The highest BCUT2D eigenvalue weighted by Gasteiger charge is 2.29. The molecule has 4 heteroatoms. The number of rotatable bonds is 3. The van der Waals surface area contributed by atoms with Gasteiger partial charge in [0, 0.05) is 38.1 Å². The molecule has 0 bridgehead atoms. The zero-order valence-corrected chi connectivity index (χ0v) is 12.8. The molecule has 108 valence electrons. The number of carbonyl (C=O) groups excluding carboxylic acids is 1. The van der Waals surface area contributed by atoms with Crippen LogP contribution in [0.2, 0.25) is 0 Å². The predicted octanol–water partition coefficient (Wildman–Crippen LogP) is 2.92. The molecule has 1 aromatic rings. The van der Waals surface area contributed by atoms with Crippen LogP contribution in [-0.4, -0.2) is 41.9 Å². The van der Waals surface area contributed by atoms with Crippen molar-refractivity contribution in [2.45, 2.75) is 25.8 Å². The molecule has 0 spiro atoms. The van der Waals surface area contributed by atoms with Gasteiger partial charge < -0.3 is 4.90 Å². The second-order valence-corrected chi connectivity index (χ2v) is 6.51. The first-order valence-electron chi connectivity index (χ1n) is 7.45. The number of hydrogen-bond donors (Lipinski definition) is 0. The monoisotopic (exact) mass is 290 g/mol. The van der Waals surface area contributed by atoms with Crippen molar-refractivity contribution < 1.29 is 4.79 Å². The molecule has 1 unspecified atom stereocenters. The van der Waals surface area contributed by atoms with Gasteiger partial charge in [0.1, 0.15) is 0 Å². The van der Waals surface area contributed by atoms with Crippen LogP contribution in [0.25, 0.3) is 0 Å². The quantitative estimate of drug-likeness (QED) is 0.799. The smallest absolute Gasteiger partial charge is 0.226 e. The molecular weight excluding hydrogens is 268 g/mol. The Hall–Kier alpha value is -1.13. The second-order valence-electron chi connectivity index (χ2n) is 5.73. The third-order valence-electron chi connectivity index (χ3n) is 4.56. The lowest BCUT2D eigenvalue weighted by atomic mass is 10.0. The van der Waals surface area contributed by atoms with E-state index in [1.165, 1.54) is 5.56 Å². The van der Waals surface area contributed by atoms with Gasteiger partial charge in [-0.2, -0.15) is 11.3 Å². The lowest BCUT2D eigenvalue weighted by Gasteiger charge is -2.38. The highest BCUT2D eigenvalue weighted by atomic mass is 32.1. The van der Waals surface area contributed by atoms with Crippen molar-refractivity contribution in [2.24, 2.45) is 5.92 Å². The van der Waals surface area contributed by atoms with Crippen LogP contribution in [0.4, 0.5) is 0 Å². The van der Waals surface area contributed by atoms with E-state index in [1.807, 2.05) is 0 Å². The molecule has 3 nitrogen and oxygen atoms in total. The van der Waals surface area contributed by atoms with E-state index >= 15 is 0 Å². The fourth-order valence-corrected chi connectivity index (χ4v) is 3.88. The van der Waals surface area contributed by atoms with Crippen molar-refractivity contribution in [3.63, 3.8) is 0 Å². The Morgan fingerprint density at radius 1 is 1.25 bits per heavy atom. The Morgan fingerprint density at radius 2 is 1.95 bits per heavy atom. The van der Waals surface area contributed by atoms with Gasteiger partial charge in [-0.25, -0.2) is 0 Å². The summed E-state index contributed by atoms with van der Waals surface area (Å²) in [7, 11) is 0. The van der Waals surface area contributed by atoms with Gasteiger partial charge >= 0.3 is 0 Å². The number of piperazine rings is 1. The molecule has 1 aliphatic carbocycles. The van der Waals surface area contributed by atoms with Gasteiger partial charge in [0.05, 0.1) is 0 Å². The highest BCUT2D eigenvalue weighted by Crippen LogP contribution is 2.25. The maximum Gasteiger partial charge on any atom is 0.226 e. The first-order chi connectivity index (χ1) is 9.75. The first kappa shape index (κ1) is 13.8. The number of carbonyl (C=O) groups is 1.